The molecule has 0 aliphatic carbocycles. The third-order valence-electron chi connectivity index (χ3n) is 2.93. The van der Waals surface area contributed by atoms with E-state index in [1.165, 1.54) is 11.8 Å². The van der Waals surface area contributed by atoms with Gasteiger partial charge in [-0.3, -0.25) is 9.59 Å². The van der Waals surface area contributed by atoms with Gasteiger partial charge in [0.1, 0.15) is 13.2 Å². The van der Waals surface area contributed by atoms with Crippen LogP contribution in [0, 0.1) is 0 Å². The van der Waals surface area contributed by atoms with Gasteiger partial charge < -0.3 is 9.47 Å². The van der Waals surface area contributed by atoms with Gasteiger partial charge in [0.15, 0.2) is 0 Å². The van der Waals surface area contributed by atoms with Gasteiger partial charge in [-0.05, 0) is 11.1 Å². The molecule has 23 heavy (non-hydrogen) atoms. The SMILES string of the molecule is O=C(CSCC(=O)OCc1ccccc1)OCc1ccccc1. The molecule has 0 unspecified atom stereocenters. The predicted octanol–water partition coefficient (Wildman–Crippen LogP) is 3.21. The molecule has 0 amide bonds. The molecule has 0 heterocycles. The Bertz CT molecular complexity index is 558. The number of carbonyl (C=O) groups is 2. The van der Waals surface area contributed by atoms with E-state index in [1.807, 2.05) is 60.7 Å². The number of benzene rings is 2. The lowest BCUT2D eigenvalue weighted by molar-refractivity contribution is -0.142. The molecule has 0 saturated heterocycles. The number of rotatable bonds is 8. The van der Waals surface area contributed by atoms with E-state index in [2.05, 4.69) is 0 Å². The van der Waals surface area contributed by atoms with Crippen molar-refractivity contribution in [2.24, 2.45) is 0 Å². The molecule has 5 heteroatoms. The van der Waals surface area contributed by atoms with Gasteiger partial charge in [0.2, 0.25) is 0 Å². The van der Waals surface area contributed by atoms with Crippen LogP contribution in [0.2, 0.25) is 0 Å². The van der Waals surface area contributed by atoms with Gasteiger partial charge in [-0.1, -0.05) is 60.7 Å². The van der Waals surface area contributed by atoms with Crippen molar-refractivity contribution in [3.8, 4) is 0 Å². The van der Waals surface area contributed by atoms with Gasteiger partial charge in [0, 0.05) is 0 Å². The van der Waals surface area contributed by atoms with Crippen molar-refractivity contribution >= 4 is 23.7 Å². The topological polar surface area (TPSA) is 52.6 Å². The monoisotopic (exact) mass is 330 g/mol. The number of thioether (sulfide) groups is 1. The van der Waals surface area contributed by atoms with E-state index in [1.54, 1.807) is 0 Å². The summed E-state index contributed by atoms with van der Waals surface area (Å²) in [6.07, 6.45) is 0. The summed E-state index contributed by atoms with van der Waals surface area (Å²) in [5.74, 6) is -0.412. The Morgan fingerprint density at radius 3 is 1.48 bits per heavy atom. The standard InChI is InChI=1S/C18H18O4S/c19-17(21-11-15-7-3-1-4-8-15)13-23-14-18(20)22-12-16-9-5-2-6-10-16/h1-10H,11-14H2. The van der Waals surface area contributed by atoms with Crippen LogP contribution in [0.4, 0.5) is 0 Å². The molecule has 2 aromatic carbocycles. The van der Waals surface area contributed by atoms with E-state index in [0.717, 1.165) is 11.1 Å². The summed E-state index contributed by atoms with van der Waals surface area (Å²) in [6, 6.07) is 18.9. The molecule has 0 spiro atoms. The summed E-state index contributed by atoms with van der Waals surface area (Å²) >= 11 is 1.19. The van der Waals surface area contributed by atoms with E-state index in [0.29, 0.717) is 0 Å². The van der Waals surface area contributed by atoms with Crippen LogP contribution in [0.1, 0.15) is 11.1 Å². The number of esters is 2. The molecular weight excluding hydrogens is 312 g/mol. The molecule has 4 nitrogen and oxygen atoms in total. The zero-order valence-electron chi connectivity index (χ0n) is 12.6. The second-order valence-electron chi connectivity index (χ2n) is 4.79. The number of hydrogen-bond donors (Lipinski definition) is 0. The second-order valence-corrected chi connectivity index (χ2v) is 5.77. The maximum absolute atomic E-state index is 11.6. The summed E-state index contributed by atoms with van der Waals surface area (Å²) < 4.78 is 10.3. The van der Waals surface area contributed by atoms with Crippen molar-refractivity contribution in [3.05, 3.63) is 71.8 Å². The molecule has 0 saturated carbocycles. The fraction of sp³-hybridized carbons (Fsp3) is 0.222. The first-order valence-corrected chi connectivity index (χ1v) is 8.36. The first-order valence-electron chi connectivity index (χ1n) is 7.21. The lowest BCUT2D eigenvalue weighted by Crippen LogP contribution is -2.12. The zero-order valence-corrected chi connectivity index (χ0v) is 13.5. The van der Waals surface area contributed by atoms with Crippen LogP contribution in [-0.2, 0) is 32.3 Å². The molecule has 2 aromatic rings. The van der Waals surface area contributed by atoms with Crippen LogP contribution < -0.4 is 0 Å². The zero-order chi connectivity index (χ0) is 16.3. The summed E-state index contributed by atoms with van der Waals surface area (Å²) in [4.78, 5) is 23.2. The van der Waals surface area contributed by atoms with E-state index >= 15 is 0 Å². The van der Waals surface area contributed by atoms with Gasteiger partial charge in [-0.2, -0.15) is 0 Å². The van der Waals surface area contributed by atoms with Crippen LogP contribution in [0.25, 0.3) is 0 Å². The van der Waals surface area contributed by atoms with Crippen LogP contribution >= 0.6 is 11.8 Å². The first-order chi connectivity index (χ1) is 11.2. The van der Waals surface area contributed by atoms with Crippen molar-refractivity contribution in [1.82, 2.24) is 0 Å². The second kappa shape index (κ2) is 9.69. The number of carbonyl (C=O) groups excluding carboxylic acids is 2. The molecule has 0 radical (unpaired) electrons. The average molecular weight is 330 g/mol. The summed E-state index contributed by atoms with van der Waals surface area (Å²) in [6.45, 7) is 0.497. The molecule has 0 aromatic heterocycles. The maximum Gasteiger partial charge on any atom is 0.316 e. The molecule has 0 aliphatic heterocycles. The van der Waals surface area contributed by atoms with Gasteiger partial charge >= 0.3 is 11.9 Å². The van der Waals surface area contributed by atoms with E-state index in [-0.39, 0.29) is 36.7 Å². The smallest absolute Gasteiger partial charge is 0.316 e. The van der Waals surface area contributed by atoms with Crippen LogP contribution in [0.5, 0.6) is 0 Å². The third-order valence-corrected chi connectivity index (χ3v) is 3.80. The number of ether oxygens (including phenoxy) is 2. The fourth-order valence-corrected chi connectivity index (χ4v) is 2.38. The highest BCUT2D eigenvalue weighted by atomic mass is 32.2. The van der Waals surface area contributed by atoms with Crippen LogP contribution in [-0.4, -0.2) is 23.4 Å². The fourth-order valence-electron chi connectivity index (χ4n) is 1.78. The highest BCUT2D eigenvalue weighted by Gasteiger charge is 2.08. The highest BCUT2D eigenvalue weighted by Crippen LogP contribution is 2.07. The summed E-state index contributed by atoms with van der Waals surface area (Å²) in [5.41, 5.74) is 1.88. The van der Waals surface area contributed by atoms with Crippen molar-refractivity contribution < 1.29 is 19.1 Å². The van der Waals surface area contributed by atoms with Gasteiger partial charge in [-0.25, -0.2) is 0 Å². The van der Waals surface area contributed by atoms with Gasteiger partial charge in [-0.15, -0.1) is 11.8 Å². The van der Waals surface area contributed by atoms with Gasteiger partial charge in [0.05, 0.1) is 11.5 Å². The largest absolute Gasteiger partial charge is 0.460 e. The molecule has 2 rings (SSSR count). The van der Waals surface area contributed by atoms with Crippen molar-refractivity contribution in [1.29, 1.82) is 0 Å². The normalized spacial score (nSPS) is 10.1. The molecule has 120 valence electrons. The third kappa shape index (κ3) is 7.02. The molecule has 0 bridgehead atoms. The van der Waals surface area contributed by atoms with E-state index in [9.17, 15) is 9.59 Å². The molecule has 0 N–H and O–H groups in total. The van der Waals surface area contributed by atoms with Crippen LogP contribution in [0.15, 0.2) is 60.7 Å². The predicted molar refractivity (Wildman–Crippen MR) is 89.8 cm³/mol. The quantitative estimate of drug-likeness (QED) is 0.696. The molecule has 0 atom stereocenters. The lowest BCUT2D eigenvalue weighted by Gasteiger charge is -2.06. The molecular formula is C18H18O4S. The Labute approximate surface area is 139 Å². The Morgan fingerprint density at radius 1 is 0.696 bits per heavy atom. The summed E-state index contributed by atoms with van der Waals surface area (Å²) in [5, 5.41) is 0. The van der Waals surface area contributed by atoms with Crippen molar-refractivity contribution in [2.45, 2.75) is 13.2 Å². The van der Waals surface area contributed by atoms with Crippen molar-refractivity contribution in [2.75, 3.05) is 11.5 Å². The summed E-state index contributed by atoms with van der Waals surface area (Å²) in [7, 11) is 0. The lowest BCUT2D eigenvalue weighted by atomic mass is 10.2. The minimum Gasteiger partial charge on any atom is -0.460 e. The molecule has 0 fully saturated rings. The van der Waals surface area contributed by atoms with Crippen LogP contribution in [0.3, 0.4) is 0 Å². The van der Waals surface area contributed by atoms with E-state index in [4.69, 9.17) is 9.47 Å². The van der Waals surface area contributed by atoms with E-state index < -0.39 is 0 Å². The number of hydrogen-bond acceptors (Lipinski definition) is 5. The minimum atomic E-state index is -0.338. The Morgan fingerprint density at radius 2 is 1.09 bits per heavy atom. The Balaban J connectivity index is 1.57. The first kappa shape index (κ1) is 17.1. The van der Waals surface area contributed by atoms with Gasteiger partial charge in [0.25, 0.3) is 0 Å². The van der Waals surface area contributed by atoms with Crippen molar-refractivity contribution in [3.63, 3.8) is 0 Å². The molecule has 0 aliphatic rings. The Kier molecular flexibility index (Phi) is 7.20. The Hall–Kier alpha value is -2.27. The highest BCUT2D eigenvalue weighted by molar-refractivity contribution is 8.00. The minimum absolute atomic E-state index is 0.132. The maximum atomic E-state index is 11.6. The average Bonchev–Trinajstić information content (AvgIpc) is 2.60.